The molecule has 1 unspecified atom stereocenters. The first kappa shape index (κ1) is 10.4. The highest BCUT2D eigenvalue weighted by Crippen LogP contribution is 2.10. The SMILES string of the molecule is O=c1ccccn1CCC1CCCCN1. The molecule has 0 saturated carbocycles. The number of nitrogens with zero attached hydrogens (tertiary/aromatic N) is 1. The van der Waals surface area contributed by atoms with Crippen LogP contribution in [0.15, 0.2) is 29.2 Å². The van der Waals surface area contributed by atoms with E-state index in [9.17, 15) is 4.79 Å². The lowest BCUT2D eigenvalue weighted by atomic mass is 10.0. The van der Waals surface area contributed by atoms with Gasteiger partial charge in [0.15, 0.2) is 0 Å². The molecule has 1 aromatic heterocycles. The molecule has 15 heavy (non-hydrogen) atoms. The second kappa shape index (κ2) is 5.12. The molecule has 1 saturated heterocycles. The molecule has 1 aromatic rings. The number of rotatable bonds is 3. The van der Waals surface area contributed by atoms with Crippen LogP contribution in [0.2, 0.25) is 0 Å². The molecule has 0 aliphatic carbocycles. The largest absolute Gasteiger partial charge is 0.315 e. The molecule has 1 aliphatic rings. The summed E-state index contributed by atoms with van der Waals surface area (Å²) in [6.45, 7) is 1.96. The second-order valence-electron chi connectivity index (χ2n) is 4.17. The van der Waals surface area contributed by atoms with E-state index in [4.69, 9.17) is 0 Å². The molecule has 0 spiro atoms. The normalized spacial score (nSPS) is 21.5. The molecule has 0 radical (unpaired) electrons. The third kappa shape index (κ3) is 2.93. The molecule has 3 heteroatoms. The number of hydrogen-bond donors (Lipinski definition) is 1. The lowest BCUT2D eigenvalue weighted by Gasteiger charge is -2.23. The summed E-state index contributed by atoms with van der Waals surface area (Å²) >= 11 is 0. The Morgan fingerprint density at radius 1 is 1.40 bits per heavy atom. The Kier molecular flexibility index (Phi) is 3.56. The highest BCUT2D eigenvalue weighted by Gasteiger charge is 2.11. The predicted molar refractivity (Wildman–Crippen MR) is 61.0 cm³/mol. The topological polar surface area (TPSA) is 34.0 Å². The van der Waals surface area contributed by atoms with Gasteiger partial charge in [-0.05, 0) is 31.9 Å². The van der Waals surface area contributed by atoms with E-state index < -0.39 is 0 Å². The van der Waals surface area contributed by atoms with Crippen molar-refractivity contribution in [2.24, 2.45) is 0 Å². The van der Waals surface area contributed by atoms with Gasteiger partial charge < -0.3 is 9.88 Å². The Morgan fingerprint density at radius 2 is 2.33 bits per heavy atom. The summed E-state index contributed by atoms with van der Waals surface area (Å²) in [5, 5.41) is 3.49. The van der Waals surface area contributed by atoms with E-state index >= 15 is 0 Å². The van der Waals surface area contributed by atoms with E-state index in [-0.39, 0.29) is 5.56 Å². The van der Waals surface area contributed by atoms with Crippen molar-refractivity contribution in [3.8, 4) is 0 Å². The van der Waals surface area contributed by atoms with E-state index in [1.54, 1.807) is 16.7 Å². The molecule has 0 aromatic carbocycles. The van der Waals surface area contributed by atoms with Crippen LogP contribution in [0.4, 0.5) is 0 Å². The lowest BCUT2D eigenvalue weighted by Crippen LogP contribution is -2.35. The van der Waals surface area contributed by atoms with Crippen molar-refractivity contribution >= 4 is 0 Å². The molecule has 2 rings (SSSR count). The molecule has 82 valence electrons. The van der Waals surface area contributed by atoms with Gasteiger partial charge in [0.05, 0.1) is 0 Å². The van der Waals surface area contributed by atoms with Gasteiger partial charge in [-0.3, -0.25) is 4.79 Å². The summed E-state index contributed by atoms with van der Waals surface area (Å²) in [6, 6.07) is 5.92. The fraction of sp³-hybridized carbons (Fsp3) is 0.583. The van der Waals surface area contributed by atoms with Crippen LogP contribution in [-0.4, -0.2) is 17.2 Å². The molecule has 0 bridgehead atoms. The van der Waals surface area contributed by atoms with Gasteiger partial charge in [0.1, 0.15) is 0 Å². The first-order chi connectivity index (χ1) is 7.36. The Labute approximate surface area is 90.1 Å². The third-order valence-corrected chi connectivity index (χ3v) is 3.03. The van der Waals surface area contributed by atoms with Crippen LogP contribution in [0.5, 0.6) is 0 Å². The molecular weight excluding hydrogens is 188 g/mol. The fourth-order valence-corrected chi connectivity index (χ4v) is 2.11. The van der Waals surface area contributed by atoms with Crippen molar-refractivity contribution in [2.45, 2.75) is 38.3 Å². The Hall–Kier alpha value is -1.09. The maximum atomic E-state index is 11.4. The quantitative estimate of drug-likeness (QED) is 0.810. The molecule has 1 fully saturated rings. The molecule has 3 nitrogen and oxygen atoms in total. The van der Waals surface area contributed by atoms with E-state index in [1.807, 2.05) is 12.3 Å². The van der Waals surface area contributed by atoms with Crippen molar-refractivity contribution in [3.63, 3.8) is 0 Å². The van der Waals surface area contributed by atoms with E-state index in [0.29, 0.717) is 6.04 Å². The standard InChI is InChI=1S/C12H18N2O/c15-12-6-2-4-9-14(12)10-7-11-5-1-3-8-13-11/h2,4,6,9,11,13H,1,3,5,7-8,10H2. The average molecular weight is 206 g/mol. The van der Waals surface area contributed by atoms with Gasteiger partial charge in [0, 0.05) is 24.8 Å². The minimum atomic E-state index is 0.105. The van der Waals surface area contributed by atoms with Gasteiger partial charge in [0.2, 0.25) is 5.56 Å². The van der Waals surface area contributed by atoms with E-state index in [2.05, 4.69) is 5.32 Å². The molecule has 2 heterocycles. The summed E-state index contributed by atoms with van der Waals surface area (Å²) in [7, 11) is 0. The van der Waals surface area contributed by atoms with Crippen molar-refractivity contribution in [1.29, 1.82) is 0 Å². The van der Waals surface area contributed by atoms with Crippen molar-refractivity contribution in [3.05, 3.63) is 34.7 Å². The van der Waals surface area contributed by atoms with Crippen molar-refractivity contribution < 1.29 is 0 Å². The molecule has 1 N–H and O–H groups in total. The van der Waals surface area contributed by atoms with E-state index in [1.165, 1.54) is 19.3 Å². The van der Waals surface area contributed by atoms with Crippen molar-refractivity contribution in [2.75, 3.05) is 6.54 Å². The predicted octanol–water partition coefficient (Wildman–Crippen LogP) is 1.38. The number of aromatic nitrogens is 1. The fourth-order valence-electron chi connectivity index (χ4n) is 2.11. The summed E-state index contributed by atoms with van der Waals surface area (Å²) < 4.78 is 1.79. The van der Waals surface area contributed by atoms with Crippen LogP contribution in [-0.2, 0) is 6.54 Å². The number of piperidine rings is 1. The molecule has 1 atom stereocenters. The first-order valence-electron chi connectivity index (χ1n) is 5.75. The van der Waals surface area contributed by atoms with Crippen LogP contribution in [0.3, 0.4) is 0 Å². The summed E-state index contributed by atoms with van der Waals surface area (Å²) in [6.07, 6.45) is 6.79. The summed E-state index contributed by atoms with van der Waals surface area (Å²) in [5.74, 6) is 0. The molecular formula is C12H18N2O. The van der Waals surface area contributed by atoms with Gasteiger partial charge in [-0.15, -0.1) is 0 Å². The number of aryl methyl sites for hydroxylation is 1. The maximum Gasteiger partial charge on any atom is 0.250 e. The Bertz CT molecular complexity index is 353. The zero-order valence-corrected chi connectivity index (χ0v) is 8.98. The highest BCUT2D eigenvalue weighted by atomic mass is 16.1. The number of hydrogen-bond acceptors (Lipinski definition) is 2. The summed E-state index contributed by atoms with van der Waals surface area (Å²) in [4.78, 5) is 11.4. The highest BCUT2D eigenvalue weighted by molar-refractivity contribution is 4.93. The molecule has 1 aliphatic heterocycles. The number of nitrogens with one attached hydrogen (secondary N) is 1. The van der Waals surface area contributed by atoms with E-state index in [0.717, 1.165) is 19.5 Å². The summed E-state index contributed by atoms with van der Waals surface area (Å²) in [5.41, 5.74) is 0.105. The van der Waals surface area contributed by atoms with Crippen LogP contribution in [0.25, 0.3) is 0 Å². The number of pyridine rings is 1. The van der Waals surface area contributed by atoms with Crippen LogP contribution < -0.4 is 10.9 Å². The van der Waals surface area contributed by atoms with Gasteiger partial charge in [-0.25, -0.2) is 0 Å². The monoisotopic (exact) mass is 206 g/mol. The van der Waals surface area contributed by atoms with Crippen LogP contribution in [0.1, 0.15) is 25.7 Å². The van der Waals surface area contributed by atoms with Crippen LogP contribution in [0, 0.1) is 0 Å². The smallest absolute Gasteiger partial charge is 0.250 e. The average Bonchev–Trinajstić information content (AvgIpc) is 2.29. The lowest BCUT2D eigenvalue weighted by molar-refractivity contribution is 0.365. The van der Waals surface area contributed by atoms with Crippen LogP contribution >= 0.6 is 0 Å². The van der Waals surface area contributed by atoms with Crippen molar-refractivity contribution in [1.82, 2.24) is 9.88 Å². The Morgan fingerprint density at radius 3 is 3.07 bits per heavy atom. The second-order valence-corrected chi connectivity index (χ2v) is 4.17. The third-order valence-electron chi connectivity index (χ3n) is 3.03. The maximum absolute atomic E-state index is 11.4. The van der Waals surface area contributed by atoms with Gasteiger partial charge in [0.25, 0.3) is 0 Å². The minimum Gasteiger partial charge on any atom is -0.315 e. The first-order valence-corrected chi connectivity index (χ1v) is 5.75. The van der Waals surface area contributed by atoms with Gasteiger partial charge in [-0.1, -0.05) is 12.5 Å². The zero-order chi connectivity index (χ0) is 10.5. The van der Waals surface area contributed by atoms with Gasteiger partial charge >= 0.3 is 0 Å². The molecule has 0 amide bonds. The minimum absolute atomic E-state index is 0.105. The van der Waals surface area contributed by atoms with Gasteiger partial charge in [-0.2, -0.15) is 0 Å². The Balaban J connectivity index is 1.87. The zero-order valence-electron chi connectivity index (χ0n) is 8.98.